The van der Waals surface area contributed by atoms with Crippen molar-refractivity contribution in [3.63, 3.8) is 0 Å². The minimum atomic E-state index is -2.34. The number of methoxy groups -OCH3 is 1. The second-order valence-electron chi connectivity index (χ2n) is 18.6. The molecule has 0 spiro atoms. The number of carbonyl (C=O) groups is 4. The highest BCUT2D eigenvalue weighted by Crippen LogP contribution is 2.43. The zero-order valence-electron chi connectivity index (χ0n) is 35.5. The van der Waals surface area contributed by atoms with Gasteiger partial charge in [0.15, 0.2) is 0 Å². The topological polar surface area (TPSA) is 160 Å². The Morgan fingerprint density at radius 3 is 2.11 bits per heavy atom. The first kappa shape index (κ1) is 45.5. The van der Waals surface area contributed by atoms with Crippen molar-refractivity contribution in [2.75, 3.05) is 13.7 Å². The predicted octanol–water partition coefficient (Wildman–Crippen LogP) is 5.90. The maximum Gasteiger partial charge on any atom is 0.329 e. The van der Waals surface area contributed by atoms with E-state index in [0.717, 1.165) is 6.42 Å². The second-order valence-corrected chi connectivity index (χ2v) is 18.6. The number of Topliss-reactive ketones (excluding diaryl/α,β-unsaturated/α-hetero) is 2. The number of carbonyl (C=O) groups excluding carboxylic acids is 4. The Bertz CT molecular complexity index is 1380. The summed E-state index contributed by atoms with van der Waals surface area (Å²) in [7, 11) is 1.57. The third-order valence-electron chi connectivity index (χ3n) is 14.8. The number of amides is 1. The summed E-state index contributed by atoms with van der Waals surface area (Å²) < 4.78 is 18.2. The molecule has 11 nitrogen and oxygen atoms in total. The number of fused-ring (bicyclic) bond motifs is 3. The first-order valence-electron chi connectivity index (χ1n) is 21.3. The fourth-order valence-corrected chi connectivity index (χ4v) is 10.2. The van der Waals surface area contributed by atoms with Gasteiger partial charge < -0.3 is 34.4 Å². The van der Waals surface area contributed by atoms with E-state index in [-0.39, 0.29) is 78.6 Å². The summed E-state index contributed by atoms with van der Waals surface area (Å²) in [5, 5.41) is 34.1. The lowest BCUT2D eigenvalue weighted by Crippen LogP contribution is -2.62. The lowest BCUT2D eigenvalue weighted by atomic mass is 9.69. The Labute approximate surface area is 330 Å². The molecule has 4 rings (SSSR count). The molecule has 0 aromatic heterocycles. The van der Waals surface area contributed by atoms with Crippen LogP contribution in [-0.4, -0.2) is 99.7 Å². The Morgan fingerprint density at radius 2 is 1.45 bits per heavy atom. The molecule has 11 heteroatoms. The summed E-state index contributed by atoms with van der Waals surface area (Å²) in [4.78, 5) is 57.7. The van der Waals surface area contributed by atoms with Crippen molar-refractivity contribution in [2.45, 2.75) is 169 Å². The number of piperidine rings is 1. The molecule has 1 amide bonds. The SMILES string of the molecule is COC1CC(/C=C(\C)C2OC(=O)[C@@H]3CCCCN3C(=O)C(=O)C3(O)OC(C(C)C[C@@H](C)C(C)C(C)C(C)C(C)C(=O)CC(O)[C@H]2C)C(C)C[C@H]3C)CCC1O. The third-order valence-corrected chi connectivity index (χ3v) is 14.8. The van der Waals surface area contributed by atoms with Crippen LogP contribution in [0.15, 0.2) is 11.6 Å². The zero-order chi connectivity index (χ0) is 41.1. The summed E-state index contributed by atoms with van der Waals surface area (Å²) in [6.07, 6.45) is 3.05. The van der Waals surface area contributed by atoms with Crippen LogP contribution in [0.5, 0.6) is 0 Å². The summed E-state index contributed by atoms with van der Waals surface area (Å²) in [6, 6.07) is -1.08. The van der Waals surface area contributed by atoms with Crippen LogP contribution in [0, 0.1) is 59.2 Å². The summed E-state index contributed by atoms with van der Waals surface area (Å²) in [5.74, 6) is -6.08. The van der Waals surface area contributed by atoms with Gasteiger partial charge in [-0.25, -0.2) is 4.79 Å². The van der Waals surface area contributed by atoms with Gasteiger partial charge in [-0.2, -0.15) is 0 Å². The van der Waals surface area contributed by atoms with Crippen molar-refractivity contribution in [3.8, 4) is 0 Å². The summed E-state index contributed by atoms with van der Waals surface area (Å²) in [5.41, 5.74) is 0.692. The number of allylic oxidation sites excluding steroid dienone is 1. The van der Waals surface area contributed by atoms with Gasteiger partial charge in [-0.3, -0.25) is 14.4 Å². The number of hydrogen-bond donors (Lipinski definition) is 3. The molecule has 4 fully saturated rings. The van der Waals surface area contributed by atoms with Gasteiger partial charge in [-0.15, -0.1) is 0 Å². The van der Waals surface area contributed by atoms with Gasteiger partial charge in [0.2, 0.25) is 5.79 Å². The summed E-state index contributed by atoms with van der Waals surface area (Å²) >= 11 is 0. The van der Waals surface area contributed by atoms with E-state index in [1.807, 2.05) is 19.9 Å². The first-order valence-corrected chi connectivity index (χ1v) is 21.3. The van der Waals surface area contributed by atoms with E-state index in [2.05, 4.69) is 41.5 Å². The van der Waals surface area contributed by atoms with Crippen LogP contribution in [0.1, 0.15) is 127 Å². The van der Waals surface area contributed by atoms with Crippen molar-refractivity contribution in [1.82, 2.24) is 4.90 Å². The van der Waals surface area contributed by atoms with E-state index >= 15 is 0 Å². The largest absolute Gasteiger partial charge is 0.456 e. The van der Waals surface area contributed by atoms with Crippen LogP contribution in [0.25, 0.3) is 0 Å². The Morgan fingerprint density at radius 1 is 0.800 bits per heavy atom. The average Bonchev–Trinajstić information content (AvgIpc) is 3.16. The molecular formula is C44H73NO10. The Balaban J connectivity index is 1.75. The minimum absolute atomic E-state index is 0.0211. The highest BCUT2D eigenvalue weighted by molar-refractivity contribution is 6.39. The van der Waals surface area contributed by atoms with Crippen LogP contribution in [-0.2, 0) is 33.4 Å². The normalized spacial score (nSPS) is 45.3. The molecule has 0 aromatic carbocycles. The molecule has 0 radical (unpaired) electrons. The molecule has 55 heavy (non-hydrogen) atoms. The number of aliphatic hydroxyl groups excluding tert-OH is 2. The maximum absolute atomic E-state index is 14.3. The molecule has 2 bridgehead atoms. The highest BCUT2D eigenvalue weighted by atomic mass is 16.6. The van der Waals surface area contributed by atoms with Gasteiger partial charge >= 0.3 is 5.97 Å². The van der Waals surface area contributed by atoms with Crippen LogP contribution in [0.3, 0.4) is 0 Å². The van der Waals surface area contributed by atoms with E-state index in [1.54, 1.807) is 21.0 Å². The van der Waals surface area contributed by atoms with Crippen molar-refractivity contribution in [1.29, 1.82) is 0 Å². The number of rotatable bonds is 3. The predicted molar refractivity (Wildman–Crippen MR) is 209 cm³/mol. The second kappa shape index (κ2) is 19.0. The molecule has 3 heterocycles. The summed E-state index contributed by atoms with van der Waals surface area (Å²) in [6.45, 7) is 20.2. The Kier molecular flexibility index (Phi) is 15.8. The van der Waals surface area contributed by atoms with Crippen molar-refractivity contribution < 1.29 is 48.7 Å². The smallest absolute Gasteiger partial charge is 0.329 e. The number of hydrogen-bond acceptors (Lipinski definition) is 10. The number of ether oxygens (including phenoxy) is 3. The quantitative estimate of drug-likeness (QED) is 0.179. The average molecular weight is 776 g/mol. The van der Waals surface area contributed by atoms with Crippen molar-refractivity contribution in [3.05, 3.63) is 11.6 Å². The standard InChI is InChI=1S/C44H73NO10/c1-23-18-24(2)39-25(3)19-27(5)44(52,55-39)41(49)42(50)45-17-13-12-14-34(45)43(51)54-40(26(4)20-33-15-16-35(46)38(21-33)53-11)32(10)37(48)22-36(47)31(9)30(8)29(7)28(23)6/h20,23-25,27-35,37-40,46,48,52H,12-19,21-22H2,1-11H3/b26-20+/t23-,24?,25?,27-,28?,29?,30?,31?,32-,33?,34+,35?,37?,38?,39?,40?,44?/m1/s1. The van der Waals surface area contributed by atoms with E-state index in [1.165, 1.54) is 4.90 Å². The van der Waals surface area contributed by atoms with Gasteiger partial charge in [-0.05, 0) is 105 Å². The van der Waals surface area contributed by atoms with E-state index < -0.39 is 65.7 Å². The number of esters is 1. The molecule has 3 saturated heterocycles. The molecule has 4 aliphatic rings. The van der Waals surface area contributed by atoms with Gasteiger partial charge in [-0.1, -0.05) is 68.4 Å². The highest BCUT2D eigenvalue weighted by Gasteiger charge is 2.55. The van der Waals surface area contributed by atoms with Gasteiger partial charge in [0, 0.05) is 37.8 Å². The van der Waals surface area contributed by atoms with E-state index in [4.69, 9.17) is 14.2 Å². The molecule has 3 N–H and O–H groups in total. The van der Waals surface area contributed by atoms with Crippen LogP contribution < -0.4 is 0 Å². The van der Waals surface area contributed by atoms with Crippen LogP contribution in [0.2, 0.25) is 0 Å². The van der Waals surface area contributed by atoms with Gasteiger partial charge in [0.1, 0.15) is 17.9 Å². The Hall–Kier alpha value is -2.18. The fourth-order valence-electron chi connectivity index (χ4n) is 10.2. The number of cyclic esters (lactones) is 1. The fraction of sp³-hybridized carbons (Fsp3) is 0.864. The zero-order valence-corrected chi connectivity index (χ0v) is 35.5. The van der Waals surface area contributed by atoms with Crippen LogP contribution in [0.4, 0.5) is 0 Å². The molecule has 3 aliphatic heterocycles. The minimum Gasteiger partial charge on any atom is -0.456 e. The van der Waals surface area contributed by atoms with Gasteiger partial charge in [0.05, 0.1) is 24.4 Å². The molecule has 1 aliphatic carbocycles. The van der Waals surface area contributed by atoms with E-state index in [0.29, 0.717) is 44.1 Å². The molecule has 314 valence electrons. The molecule has 0 aromatic rings. The van der Waals surface area contributed by atoms with Gasteiger partial charge in [0.25, 0.3) is 11.7 Å². The number of ketones is 2. The monoisotopic (exact) mass is 776 g/mol. The van der Waals surface area contributed by atoms with Crippen molar-refractivity contribution in [2.24, 2.45) is 59.2 Å². The molecule has 17 atom stereocenters. The molecule has 1 saturated carbocycles. The van der Waals surface area contributed by atoms with Crippen LogP contribution >= 0.6 is 0 Å². The third kappa shape index (κ3) is 10.1. The lowest BCUT2D eigenvalue weighted by molar-refractivity contribution is -0.282. The maximum atomic E-state index is 14.3. The van der Waals surface area contributed by atoms with Crippen molar-refractivity contribution >= 4 is 23.4 Å². The number of aliphatic hydroxyl groups is 3. The molecule has 13 unspecified atom stereocenters. The van der Waals surface area contributed by atoms with E-state index in [9.17, 15) is 34.5 Å². The molecular weight excluding hydrogens is 702 g/mol. The number of nitrogens with zero attached hydrogens (tertiary/aromatic N) is 1. The first-order chi connectivity index (χ1) is 25.7. The lowest BCUT2D eigenvalue weighted by Gasteiger charge is -2.47.